The van der Waals surface area contributed by atoms with Crippen LogP contribution in [0, 0.1) is 0 Å². The Balaban J connectivity index is 2.52. The van der Waals surface area contributed by atoms with E-state index in [2.05, 4.69) is 0 Å². The third-order valence-electron chi connectivity index (χ3n) is 2.59. The van der Waals surface area contributed by atoms with Crippen molar-refractivity contribution in [1.82, 2.24) is 0 Å². The lowest BCUT2D eigenvalue weighted by Crippen LogP contribution is -2.19. The minimum atomic E-state index is 0.0282. The Morgan fingerprint density at radius 2 is 2.12 bits per heavy atom. The number of carbonyl (C=O) groups is 1. The summed E-state index contributed by atoms with van der Waals surface area (Å²) in [6, 6.07) is 3.56. The highest BCUT2D eigenvalue weighted by atomic mass is 16.6. The van der Waals surface area contributed by atoms with Crippen molar-refractivity contribution in [1.29, 1.82) is 0 Å². The van der Waals surface area contributed by atoms with Crippen LogP contribution in [0.4, 0.5) is 0 Å². The molecule has 4 heteroatoms. The van der Waals surface area contributed by atoms with Gasteiger partial charge in [-0.3, -0.25) is 4.79 Å². The third kappa shape index (κ3) is 1.88. The maximum absolute atomic E-state index is 11.5. The molecule has 0 bridgehead atoms. The molecule has 4 nitrogen and oxygen atoms in total. The third-order valence-corrected chi connectivity index (χ3v) is 2.59. The number of hydrogen-bond acceptors (Lipinski definition) is 4. The minimum absolute atomic E-state index is 0.0282. The van der Waals surface area contributed by atoms with Crippen LogP contribution in [0.25, 0.3) is 0 Å². The van der Waals surface area contributed by atoms with Crippen molar-refractivity contribution in [2.24, 2.45) is 5.73 Å². The molecule has 1 heterocycles. The monoisotopic (exact) mass is 221 g/mol. The van der Waals surface area contributed by atoms with Gasteiger partial charge in [0.2, 0.25) is 0 Å². The quantitative estimate of drug-likeness (QED) is 0.778. The molecule has 86 valence electrons. The fraction of sp³-hybridized carbons (Fsp3) is 0.417. The van der Waals surface area contributed by atoms with Crippen LogP contribution in [0.1, 0.15) is 22.8 Å². The van der Waals surface area contributed by atoms with Crippen molar-refractivity contribution in [3.05, 3.63) is 23.3 Å². The molecule has 0 saturated carbocycles. The van der Waals surface area contributed by atoms with E-state index in [0.717, 1.165) is 5.56 Å². The summed E-state index contributed by atoms with van der Waals surface area (Å²) in [7, 11) is 0. The highest BCUT2D eigenvalue weighted by Gasteiger charge is 2.20. The largest absolute Gasteiger partial charge is 0.486 e. The number of rotatable bonds is 3. The molecule has 0 amide bonds. The van der Waals surface area contributed by atoms with Crippen LogP contribution >= 0.6 is 0 Å². The van der Waals surface area contributed by atoms with E-state index in [4.69, 9.17) is 15.2 Å². The van der Waals surface area contributed by atoms with Crippen molar-refractivity contribution < 1.29 is 14.3 Å². The van der Waals surface area contributed by atoms with E-state index in [1.165, 1.54) is 0 Å². The van der Waals surface area contributed by atoms with Crippen molar-refractivity contribution in [3.8, 4) is 11.5 Å². The van der Waals surface area contributed by atoms with Gasteiger partial charge < -0.3 is 15.2 Å². The molecule has 2 rings (SSSR count). The molecule has 1 aliphatic rings. The van der Waals surface area contributed by atoms with Crippen molar-refractivity contribution in [3.63, 3.8) is 0 Å². The fourth-order valence-electron chi connectivity index (χ4n) is 1.90. The maximum Gasteiger partial charge on any atom is 0.165 e. The molecule has 0 aliphatic carbocycles. The van der Waals surface area contributed by atoms with E-state index in [1.54, 1.807) is 19.1 Å². The van der Waals surface area contributed by atoms with Gasteiger partial charge in [-0.25, -0.2) is 0 Å². The summed E-state index contributed by atoms with van der Waals surface area (Å²) in [6.07, 6.45) is 0.626. The number of fused-ring (bicyclic) bond motifs is 1. The summed E-state index contributed by atoms with van der Waals surface area (Å²) in [5.41, 5.74) is 7.10. The molecule has 0 atom stereocenters. The molecular weight excluding hydrogens is 206 g/mol. The Hall–Kier alpha value is -1.55. The number of nitrogens with two attached hydrogens (primary N) is 1. The summed E-state index contributed by atoms with van der Waals surface area (Å²) in [4.78, 5) is 11.5. The fourth-order valence-corrected chi connectivity index (χ4v) is 1.90. The van der Waals surface area contributed by atoms with Gasteiger partial charge >= 0.3 is 0 Å². The normalized spacial score (nSPS) is 13.6. The average molecular weight is 221 g/mol. The Morgan fingerprint density at radius 1 is 1.38 bits per heavy atom. The number of carbonyl (C=O) groups excluding carboxylic acids is 1. The van der Waals surface area contributed by atoms with E-state index in [0.29, 0.717) is 43.2 Å². The predicted octanol–water partition coefficient (Wildman–Crippen LogP) is 1.16. The smallest absolute Gasteiger partial charge is 0.165 e. The molecule has 1 aliphatic heterocycles. The second-order valence-electron chi connectivity index (χ2n) is 3.71. The second kappa shape index (κ2) is 4.53. The molecule has 0 aromatic heterocycles. The lowest BCUT2D eigenvalue weighted by molar-refractivity contribution is 0.101. The summed E-state index contributed by atoms with van der Waals surface area (Å²) in [6.45, 7) is 3.10. The van der Waals surface area contributed by atoms with E-state index >= 15 is 0 Å². The van der Waals surface area contributed by atoms with Crippen molar-refractivity contribution >= 4 is 5.78 Å². The molecule has 0 spiro atoms. The van der Waals surface area contributed by atoms with Gasteiger partial charge in [-0.05, 0) is 32.0 Å². The zero-order valence-electron chi connectivity index (χ0n) is 9.29. The van der Waals surface area contributed by atoms with E-state index in [1.807, 2.05) is 0 Å². The van der Waals surface area contributed by atoms with Gasteiger partial charge in [0.25, 0.3) is 0 Å². The lowest BCUT2D eigenvalue weighted by Gasteiger charge is -2.22. The van der Waals surface area contributed by atoms with Crippen LogP contribution in [0.3, 0.4) is 0 Å². The number of Topliss-reactive ketones (excluding diaryl/α,β-unsaturated/α-hetero) is 1. The lowest BCUT2D eigenvalue weighted by atomic mass is 9.99. The molecule has 0 fully saturated rings. The van der Waals surface area contributed by atoms with Crippen LogP contribution in [0.2, 0.25) is 0 Å². The first kappa shape index (κ1) is 11.0. The Morgan fingerprint density at radius 3 is 2.81 bits per heavy atom. The number of hydrogen-bond donors (Lipinski definition) is 1. The predicted molar refractivity (Wildman–Crippen MR) is 60.2 cm³/mol. The zero-order chi connectivity index (χ0) is 11.5. The SMILES string of the molecule is CC(=O)c1ccc2c(c1CCN)OCCO2. The maximum atomic E-state index is 11.5. The van der Waals surface area contributed by atoms with Gasteiger partial charge in [-0.1, -0.05) is 0 Å². The van der Waals surface area contributed by atoms with E-state index in [9.17, 15) is 4.79 Å². The molecule has 2 N–H and O–H groups in total. The Kier molecular flexibility index (Phi) is 3.10. The number of benzene rings is 1. The van der Waals surface area contributed by atoms with Gasteiger partial charge in [0.15, 0.2) is 17.3 Å². The molecule has 0 saturated heterocycles. The first-order chi connectivity index (χ1) is 7.74. The van der Waals surface area contributed by atoms with Gasteiger partial charge in [-0.2, -0.15) is 0 Å². The number of ether oxygens (including phenoxy) is 2. The van der Waals surface area contributed by atoms with E-state index in [-0.39, 0.29) is 5.78 Å². The van der Waals surface area contributed by atoms with Gasteiger partial charge in [-0.15, -0.1) is 0 Å². The average Bonchev–Trinajstić information content (AvgIpc) is 2.29. The molecule has 1 aromatic rings. The first-order valence-electron chi connectivity index (χ1n) is 5.36. The Bertz CT molecular complexity index is 415. The molecule has 16 heavy (non-hydrogen) atoms. The van der Waals surface area contributed by atoms with Gasteiger partial charge in [0.1, 0.15) is 13.2 Å². The number of ketones is 1. The molecular formula is C12H15NO3. The standard InChI is InChI=1S/C12H15NO3/c1-8(14)9-2-3-11-12(10(9)4-5-13)16-7-6-15-11/h2-3H,4-7,13H2,1H3. The second-order valence-corrected chi connectivity index (χ2v) is 3.71. The summed E-state index contributed by atoms with van der Waals surface area (Å²) >= 11 is 0. The van der Waals surface area contributed by atoms with Crippen molar-refractivity contribution in [2.75, 3.05) is 19.8 Å². The summed E-state index contributed by atoms with van der Waals surface area (Å²) in [5.74, 6) is 1.42. The molecule has 0 radical (unpaired) electrons. The van der Waals surface area contributed by atoms with E-state index < -0.39 is 0 Å². The molecule has 1 aromatic carbocycles. The molecule has 0 unspecified atom stereocenters. The highest BCUT2D eigenvalue weighted by molar-refractivity contribution is 5.96. The van der Waals surface area contributed by atoms with Crippen molar-refractivity contribution in [2.45, 2.75) is 13.3 Å². The van der Waals surface area contributed by atoms with Crippen LogP contribution < -0.4 is 15.2 Å². The highest BCUT2D eigenvalue weighted by Crippen LogP contribution is 2.36. The topological polar surface area (TPSA) is 61.6 Å². The van der Waals surface area contributed by atoms with Crippen LogP contribution in [0.5, 0.6) is 11.5 Å². The Labute approximate surface area is 94.3 Å². The van der Waals surface area contributed by atoms with Crippen LogP contribution in [-0.4, -0.2) is 25.5 Å². The van der Waals surface area contributed by atoms with Gasteiger partial charge in [0.05, 0.1) is 0 Å². The van der Waals surface area contributed by atoms with Crippen LogP contribution in [0.15, 0.2) is 12.1 Å². The zero-order valence-corrected chi connectivity index (χ0v) is 9.29. The summed E-state index contributed by atoms with van der Waals surface area (Å²) in [5, 5.41) is 0. The summed E-state index contributed by atoms with van der Waals surface area (Å²) < 4.78 is 11.0. The van der Waals surface area contributed by atoms with Gasteiger partial charge in [0, 0.05) is 11.1 Å². The first-order valence-corrected chi connectivity index (χ1v) is 5.36. The van der Waals surface area contributed by atoms with Crippen LogP contribution in [-0.2, 0) is 6.42 Å². The minimum Gasteiger partial charge on any atom is -0.486 e.